The number of hydrogen-bond donors (Lipinski definition) is 2. The van der Waals surface area contributed by atoms with Crippen LogP contribution in [0, 0.1) is 0 Å². The molecule has 1 aromatic carbocycles. The first kappa shape index (κ1) is 20.9. The minimum atomic E-state index is -0.0412. The number of aryl methyl sites for hydroxylation is 2. The van der Waals surface area contributed by atoms with Crippen LogP contribution in [0.4, 0.5) is 0 Å². The van der Waals surface area contributed by atoms with Gasteiger partial charge in [0, 0.05) is 42.3 Å². The van der Waals surface area contributed by atoms with Crippen molar-refractivity contribution in [2.75, 3.05) is 19.6 Å². The monoisotopic (exact) mass is 433 g/mol. The molecular weight excluding hydrogens is 402 g/mol. The van der Waals surface area contributed by atoms with Crippen LogP contribution in [0.2, 0.25) is 0 Å². The van der Waals surface area contributed by atoms with Gasteiger partial charge in [0.15, 0.2) is 0 Å². The predicted molar refractivity (Wildman–Crippen MR) is 125 cm³/mol. The fourth-order valence-corrected chi connectivity index (χ4v) is 5.14. The van der Waals surface area contributed by atoms with Crippen molar-refractivity contribution in [1.29, 1.82) is 0 Å². The first-order chi connectivity index (χ1) is 15.7. The maximum Gasteiger partial charge on any atom is 0.267 e. The maximum atomic E-state index is 12.8. The summed E-state index contributed by atoms with van der Waals surface area (Å²) in [5.41, 5.74) is 3.89. The molecule has 1 aliphatic heterocycles. The standard InChI is InChI=1S/C25H31N5O2/c31-24-15-18-7-1-3-10-22(18)28-30(24)14-13-29-12-6-5-8-19(29)16-27-25(32)21-17-26-23-11-4-2-9-20(21)23/h2,4,9,11,15,17,19,26H,1,3,5-8,10,12-14,16H2,(H,27,32). The third kappa shape index (κ3) is 4.35. The zero-order valence-corrected chi connectivity index (χ0v) is 18.5. The number of nitrogens with one attached hydrogen (secondary N) is 2. The molecule has 5 rings (SSSR count). The van der Waals surface area contributed by atoms with E-state index in [0.29, 0.717) is 18.7 Å². The van der Waals surface area contributed by atoms with Crippen molar-refractivity contribution < 1.29 is 4.79 Å². The molecule has 0 bridgehead atoms. The third-order valence-corrected chi connectivity index (χ3v) is 6.95. The second-order valence-corrected chi connectivity index (χ2v) is 9.03. The van der Waals surface area contributed by atoms with E-state index in [1.165, 1.54) is 6.42 Å². The molecule has 1 fully saturated rings. The molecule has 1 saturated heterocycles. The summed E-state index contributed by atoms with van der Waals surface area (Å²) in [6, 6.07) is 9.93. The summed E-state index contributed by atoms with van der Waals surface area (Å²) in [6.45, 7) is 2.98. The second-order valence-electron chi connectivity index (χ2n) is 9.03. The van der Waals surface area contributed by atoms with Gasteiger partial charge in [0.05, 0.1) is 17.8 Å². The number of likely N-dealkylation sites (tertiary alicyclic amines) is 1. The topological polar surface area (TPSA) is 83.0 Å². The number of amides is 1. The highest BCUT2D eigenvalue weighted by molar-refractivity contribution is 6.06. The van der Waals surface area contributed by atoms with Crippen LogP contribution < -0.4 is 10.9 Å². The van der Waals surface area contributed by atoms with E-state index in [9.17, 15) is 9.59 Å². The molecule has 1 atom stereocenters. The lowest BCUT2D eigenvalue weighted by atomic mass is 9.97. The van der Waals surface area contributed by atoms with Gasteiger partial charge in [-0.3, -0.25) is 14.5 Å². The van der Waals surface area contributed by atoms with Crippen molar-refractivity contribution in [2.45, 2.75) is 57.5 Å². The molecule has 2 N–H and O–H groups in total. The maximum absolute atomic E-state index is 12.8. The van der Waals surface area contributed by atoms with Gasteiger partial charge in [0.2, 0.25) is 0 Å². The number of hydrogen-bond acceptors (Lipinski definition) is 4. The van der Waals surface area contributed by atoms with Crippen LogP contribution in [0.25, 0.3) is 10.9 Å². The number of H-pyrrole nitrogens is 1. The van der Waals surface area contributed by atoms with Crippen molar-refractivity contribution in [3.63, 3.8) is 0 Å². The highest BCUT2D eigenvalue weighted by Gasteiger charge is 2.24. The molecule has 1 amide bonds. The Morgan fingerprint density at radius 1 is 1.12 bits per heavy atom. The lowest BCUT2D eigenvalue weighted by Gasteiger charge is -2.35. The fourth-order valence-electron chi connectivity index (χ4n) is 5.14. The Hall–Kier alpha value is -2.93. The minimum absolute atomic E-state index is 0.00634. The van der Waals surface area contributed by atoms with E-state index >= 15 is 0 Å². The van der Waals surface area contributed by atoms with Crippen LogP contribution in [0.15, 0.2) is 41.3 Å². The van der Waals surface area contributed by atoms with Crippen LogP contribution in [0.1, 0.15) is 53.7 Å². The van der Waals surface area contributed by atoms with Gasteiger partial charge < -0.3 is 10.3 Å². The lowest BCUT2D eigenvalue weighted by molar-refractivity contribution is 0.0910. The van der Waals surface area contributed by atoms with Gasteiger partial charge in [-0.25, -0.2) is 4.68 Å². The van der Waals surface area contributed by atoms with Gasteiger partial charge in [0.1, 0.15) is 0 Å². The van der Waals surface area contributed by atoms with Crippen LogP contribution in [-0.4, -0.2) is 51.2 Å². The van der Waals surface area contributed by atoms with E-state index in [4.69, 9.17) is 0 Å². The van der Waals surface area contributed by atoms with E-state index in [1.54, 1.807) is 16.9 Å². The Morgan fingerprint density at radius 3 is 2.94 bits per heavy atom. The second kappa shape index (κ2) is 9.28. The number of piperidine rings is 1. The number of carbonyl (C=O) groups is 1. The summed E-state index contributed by atoms with van der Waals surface area (Å²) in [5.74, 6) is -0.0412. The van der Waals surface area contributed by atoms with Crippen LogP contribution in [0.5, 0.6) is 0 Å². The minimum Gasteiger partial charge on any atom is -0.360 e. The van der Waals surface area contributed by atoms with Crippen molar-refractivity contribution in [3.8, 4) is 0 Å². The highest BCUT2D eigenvalue weighted by Crippen LogP contribution is 2.20. The van der Waals surface area contributed by atoms with Gasteiger partial charge in [-0.2, -0.15) is 5.10 Å². The average molecular weight is 434 g/mol. The number of carbonyl (C=O) groups excluding carboxylic acids is 1. The van der Waals surface area contributed by atoms with E-state index < -0.39 is 0 Å². The van der Waals surface area contributed by atoms with E-state index in [2.05, 4.69) is 20.3 Å². The molecular formula is C25H31N5O2. The molecule has 3 aromatic rings. The quantitative estimate of drug-likeness (QED) is 0.626. The molecule has 2 aromatic heterocycles. The summed E-state index contributed by atoms with van der Waals surface area (Å²) in [6.07, 6.45) is 9.42. The third-order valence-electron chi connectivity index (χ3n) is 6.95. The summed E-state index contributed by atoms with van der Waals surface area (Å²) in [5, 5.41) is 8.75. The first-order valence-electron chi connectivity index (χ1n) is 11.9. The SMILES string of the molecule is O=C(NCC1CCCCN1CCn1nc2c(cc1=O)CCCC2)c1c[nH]c2ccccc12. The summed E-state index contributed by atoms with van der Waals surface area (Å²) in [7, 11) is 0. The molecule has 7 nitrogen and oxygen atoms in total. The number of benzene rings is 1. The van der Waals surface area contributed by atoms with Gasteiger partial charge in [-0.15, -0.1) is 0 Å². The number of aromatic amines is 1. The zero-order chi connectivity index (χ0) is 21.9. The normalized spacial score (nSPS) is 19.1. The number of aromatic nitrogens is 3. The van der Waals surface area contributed by atoms with Gasteiger partial charge in [-0.1, -0.05) is 24.6 Å². The van der Waals surface area contributed by atoms with Crippen molar-refractivity contribution in [3.05, 3.63) is 63.7 Å². The zero-order valence-electron chi connectivity index (χ0n) is 18.5. The van der Waals surface area contributed by atoms with Gasteiger partial charge >= 0.3 is 0 Å². The Bertz CT molecular complexity index is 1160. The van der Waals surface area contributed by atoms with E-state index in [1.807, 2.05) is 24.3 Å². The Labute approximate surface area is 187 Å². The molecule has 1 unspecified atom stereocenters. The molecule has 3 heterocycles. The summed E-state index contributed by atoms with van der Waals surface area (Å²) >= 11 is 0. The Morgan fingerprint density at radius 2 is 2.00 bits per heavy atom. The molecule has 0 saturated carbocycles. The number of fused-ring (bicyclic) bond motifs is 2. The fraction of sp³-hybridized carbons (Fsp3) is 0.480. The van der Waals surface area contributed by atoms with Gasteiger partial charge in [0.25, 0.3) is 11.5 Å². The Kier molecular flexibility index (Phi) is 6.08. The van der Waals surface area contributed by atoms with Crippen LogP contribution in [-0.2, 0) is 19.4 Å². The summed E-state index contributed by atoms with van der Waals surface area (Å²) in [4.78, 5) is 30.9. The smallest absolute Gasteiger partial charge is 0.267 e. The molecule has 0 radical (unpaired) electrons. The molecule has 7 heteroatoms. The number of rotatable bonds is 6. The summed E-state index contributed by atoms with van der Waals surface area (Å²) < 4.78 is 1.64. The van der Waals surface area contributed by atoms with Crippen LogP contribution >= 0.6 is 0 Å². The van der Waals surface area contributed by atoms with E-state index in [-0.39, 0.29) is 17.5 Å². The first-order valence-corrected chi connectivity index (χ1v) is 11.9. The van der Waals surface area contributed by atoms with E-state index in [0.717, 1.165) is 73.8 Å². The van der Waals surface area contributed by atoms with Gasteiger partial charge in [-0.05, 0) is 56.7 Å². The molecule has 168 valence electrons. The largest absolute Gasteiger partial charge is 0.360 e. The van der Waals surface area contributed by atoms with Crippen molar-refractivity contribution >= 4 is 16.8 Å². The molecule has 2 aliphatic rings. The predicted octanol–water partition coefficient (Wildman–Crippen LogP) is 2.89. The Balaban J connectivity index is 1.22. The molecule has 1 aliphatic carbocycles. The van der Waals surface area contributed by atoms with Crippen molar-refractivity contribution in [1.82, 2.24) is 25.0 Å². The average Bonchev–Trinajstić information content (AvgIpc) is 3.26. The van der Waals surface area contributed by atoms with Crippen LogP contribution in [0.3, 0.4) is 0 Å². The number of para-hydroxylation sites is 1. The lowest BCUT2D eigenvalue weighted by Crippen LogP contribution is -2.48. The highest BCUT2D eigenvalue weighted by atomic mass is 16.1. The molecule has 0 spiro atoms. The number of nitrogens with zero attached hydrogens (tertiary/aromatic N) is 3. The molecule has 32 heavy (non-hydrogen) atoms. The van der Waals surface area contributed by atoms with Crippen molar-refractivity contribution in [2.24, 2.45) is 0 Å².